The van der Waals surface area contributed by atoms with Crippen molar-refractivity contribution in [2.75, 3.05) is 24.3 Å². The summed E-state index contributed by atoms with van der Waals surface area (Å²) in [5, 5.41) is 5.19. The fourth-order valence-electron chi connectivity index (χ4n) is 2.96. The lowest BCUT2D eigenvalue weighted by Crippen LogP contribution is -2.13. The highest BCUT2D eigenvalue weighted by Crippen LogP contribution is 2.28. The highest BCUT2D eigenvalue weighted by molar-refractivity contribution is 7.13. The van der Waals surface area contributed by atoms with E-state index in [4.69, 9.17) is 0 Å². The Kier molecular flexibility index (Phi) is 5.14. The number of aromatic nitrogens is 3. The van der Waals surface area contributed by atoms with Crippen LogP contribution >= 0.6 is 11.3 Å². The summed E-state index contributed by atoms with van der Waals surface area (Å²) in [6.45, 7) is 2.03. The third-order valence-electron chi connectivity index (χ3n) is 4.57. The quantitative estimate of drug-likeness (QED) is 0.501. The molecule has 0 aliphatic carbocycles. The van der Waals surface area contributed by atoms with Gasteiger partial charge in [-0.2, -0.15) is 0 Å². The SMILES string of the molecule is Cc1ccc(-c2[nH]c(-c3ccc(N(C)C)cc3)nc2C(=O)Nc2nccs2)cc1. The van der Waals surface area contributed by atoms with E-state index in [2.05, 4.69) is 20.3 Å². The van der Waals surface area contributed by atoms with Crippen molar-refractivity contribution in [3.8, 4) is 22.6 Å². The molecule has 2 N–H and O–H groups in total. The van der Waals surface area contributed by atoms with Crippen LogP contribution in [-0.4, -0.2) is 35.0 Å². The number of amides is 1. The lowest BCUT2D eigenvalue weighted by molar-refractivity contribution is 0.102. The van der Waals surface area contributed by atoms with Crippen molar-refractivity contribution in [1.82, 2.24) is 15.0 Å². The van der Waals surface area contributed by atoms with Crippen LogP contribution in [0.2, 0.25) is 0 Å². The molecule has 1 amide bonds. The van der Waals surface area contributed by atoms with Crippen molar-refractivity contribution in [3.05, 3.63) is 71.4 Å². The van der Waals surface area contributed by atoms with Crippen molar-refractivity contribution in [1.29, 1.82) is 0 Å². The van der Waals surface area contributed by atoms with Crippen LogP contribution in [0.3, 0.4) is 0 Å². The van der Waals surface area contributed by atoms with Crippen LogP contribution in [0.1, 0.15) is 16.1 Å². The number of benzene rings is 2. The van der Waals surface area contributed by atoms with Gasteiger partial charge in [0.05, 0.1) is 5.69 Å². The average Bonchev–Trinajstić information content (AvgIpc) is 3.38. The molecule has 0 atom stereocenters. The first kappa shape index (κ1) is 18.9. The molecule has 29 heavy (non-hydrogen) atoms. The van der Waals surface area contributed by atoms with E-state index in [0.717, 1.165) is 22.4 Å². The van der Waals surface area contributed by atoms with E-state index < -0.39 is 0 Å². The normalized spacial score (nSPS) is 10.7. The Hall–Kier alpha value is -3.45. The van der Waals surface area contributed by atoms with Crippen LogP contribution in [-0.2, 0) is 0 Å². The number of aromatic amines is 1. The molecule has 2 aromatic carbocycles. The molecule has 2 aromatic heterocycles. The molecule has 0 saturated heterocycles. The zero-order valence-corrected chi connectivity index (χ0v) is 17.2. The van der Waals surface area contributed by atoms with Gasteiger partial charge in [0.25, 0.3) is 5.91 Å². The minimum atomic E-state index is -0.289. The molecule has 4 rings (SSSR count). The maximum absolute atomic E-state index is 12.9. The summed E-state index contributed by atoms with van der Waals surface area (Å²) in [5.74, 6) is 0.359. The second kappa shape index (κ2) is 7.89. The third kappa shape index (κ3) is 4.05. The fourth-order valence-corrected chi connectivity index (χ4v) is 3.49. The molecule has 4 aromatic rings. The molecule has 7 heteroatoms. The van der Waals surface area contributed by atoms with Gasteiger partial charge in [0, 0.05) is 42.5 Å². The molecule has 0 spiro atoms. The molecule has 0 aliphatic heterocycles. The molecule has 0 fully saturated rings. The predicted molar refractivity (Wildman–Crippen MR) is 119 cm³/mol. The second-order valence-electron chi connectivity index (χ2n) is 6.91. The minimum Gasteiger partial charge on any atom is -0.378 e. The summed E-state index contributed by atoms with van der Waals surface area (Å²) in [5.41, 5.74) is 5.10. The average molecular weight is 404 g/mol. The maximum Gasteiger partial charge on any atom is 0.278 e. The Morgan fingerprint density at radius 1 is 1.03 bits per heavy atom. The van der Waals surface area contributed by atoms with Gasteiger partial charge in [0.2, 0.25) is 0 Å². The number of imidazole rings is 1. The number of rotatable bonds is 5. The molecule has 146 valence electrons. The smallest absolute Gasteiger partial charge is 0.278 e. The molecule has 0 radical (unpaired) electrons. The van der Waals surface area contributed by atoms with E-state index in [1.54, 1.807) is 6.20 Å². The van der Waals surface area contributed by atoms with Gasteiger partial charge in [-0.25, -0.2) is 9.97 Å². The van der Waals surface area contributed by atoms with Crippen LogP contribution in [0, 0.1) is 6.92 Å². The number of hydrogen-bond donors (Lipinski definition) is 2. The van der Waals surface area contributed by atoms with E-state index in [9.17, 15) is 4.79 Å². The summed E-state index contributed by atoms with van der Waals surface area (Å²) in [7, 11) is 4.00. The van der Waals surface area contributed by atoms with Gasteiger partial charge in [0.15, 0.2) is 10.8 Å². The van der Waals surface area contributed by atoms with Gasteiger partial charge in [-0.3, -0.25) is 10.1 Å². The van der Waals surface area contributed by atoms with Crippen molar-refractivity contribution in [3.63, 3.8) is 0 Å². The van der Waals surface area contributed by atoms with Crippen LogP contribution in [0.15, 0.2) is 60.1 Å². The van der Waals surface area contributed by atoms with Crippen molar-refractivity contribution >= 4 is 28.1 Å². The van der Waals surface area contributed by atoms with Crippen molar-refractivity contribution < 1.29 is 4.79 Å². The van der Waals surface area contributed by atoms with Crippen LogP contribution in [0.4, 0.5) is 10.8 Å². The van der Waals surface area contributed by atoms with E-state index >= 15 is 0 Å². The summed E-state index contributed by atoms with van der Waals surface area (Å²) in [6.07, 6.45) is 1.66. The second-order valence-corrected chi connectivity index (χ2v) is 7.80. The number of anilines is 2. The number of thiazole rings is 1. The summed E-state index contributed by atoms with van der Waals surface area (Å²) in [4.78, 5) is 27.1. The number of H-pyrrole nitrogens is 1. The van der Waals surface area contributed by atoms with Crippen molar-refractivity contribution in [2.24, 2.45) is 0 Å². The number of nitrogens with one attached hydrogen (secondary N) is 2. The molecular weight excluding hydrogens is 382 g/mol. The maximum atomic E-state index is 12.9. The van der Waals surface area contributed by atoms with Crippen LogP contribution < -0.4 is 10.2 Å². The van der Waals surface area contributed by atoms with Crippen molar-refractivity contribution in [2.45, 2.75) is 6.92 Å². The first-order valence-corrected chi connectivity index (χ1v) is 10.0. The molecule has 0 unspecified atom stereocenters. The standard InChI is InChI=1S/C22H21N5OS/c1-14-4-6-15(7-5-14)18-19(21(28)26-22-23-12-13-29-22)25-20(24-18)16-8-10-17(11-9-16)27(2)3/h4-13H,1-3H3,(H,24,25)(H,23,26,28). The van der Waals surface area contributed by atoms with Gasteiger partial charge < -0.3 is 9.88 Å². The van der Waals surface area contributed by atoms with Gasteiger partial charge >= 0.3 is 0 Å². The van der Waals surface area contributed by atoms with E-state index in [-0.39, 0.29) is 5.91 Å². The number of hydrogen-bond acceptors (Lipinski definition) is 5. The number of aryl methyl sites for hydroxylation is 1. The van der Waals surface area contributed by atoms with Gasteiger partial charge in [0.1, 0.15) is 5.82 Å². The largest absolute Gasteiger partial charge is 0.378 e. The number of carbonyl (C=O) groups is 1. The lowest BCUT2D eigenvalue weighted by Gasteiger charge is -2.12. The van der Waals surface area contributed by atoms with E-state index in [0.29, 0.717) is 22.3 Å². The number of nitrogens with zero attached hydrogens (tertiary/aromatic N) is 3. The lowest BCUT2D eigenvalue weighted by atomic mass is 10.1. The zero-order chi connectivity index (χ0) is 20.4. The fraction of sp³-hybridized carbons (Fsp3) is 0.136. The van der Waals surface area contributed by atoms with Gasteiger partial charge in [-0.05, 0) is 31.2 Å². The first-order valence-electron chi connectivity index (χ1n) is 9.17. The topological polar surface area (TPSA) is 73.9 Å². The molecule has 0 aliphatic rings. The summed E-state index contributed by atoms with van der Waals surface area (Å²) in [6, 6.07) is 16.1. The van der Waals surface area contributed by atoms with E-state index in [1.807, 2.05) is 79.8 Å². The van der Waals surface area contributed by atoms with E-state index in [1.165, 1.54) is 11.3 Å². The Bertz CT molecular complexity index is 1110. The monoisotopic (exact) mass is 403 g/mol. The Morgan fingerprint density at radius 2 is 1.72 bits per heavy atom. The summed E-state index contributed by atoms with van der Waals surface area (Å²) < 4.78 is 0. The summed E-state index contributed by atoms with van der Waals surface area (Å²) >= 11 is 1.37. The number of carbonyl (C=O) groups excluding carboxylic acids is 1. The zero-order valence-electron chi connectivity index (χ0n) is 16.4. The first-order chi connectivity index (χ1) is 14.0. The molecular formula is C22H21N5OS. The Morgan fingerprint density at radius 3 is 2.34 bits per heavy atom. The minimum absolute atomic E-state index is 0.289. The highest BCUT2D eigenvalue weighted by atomic mass is 32.1. The molecule has 6 nitrogen and oxygen atoms in total. The van der Waals surface area contributed by atoms with Gasteiger partial charge in [-0.15, -0.1) is 11.3 Å². The van der Waals surface area contributed by atoms with Crippen LogP contribution in [0.5, 0.6) is 0 Å². The Balaban J connectivity index is 1.75. The predicted octanol–water partition coefficient (Wildman–Crippen LogP) is 4.83. The van der Waals surface area contributed by atoms with Crippen LogP contribution in [0.25, 0.3) is 22.6 Å². The third-order valence-corrected chi connectivity index (χ3v) is 5.26. The van der Waals surface area contributed by atoms with Gasteiger partial charge in [-0.1, -0.05) is 29.8 Å². The Labute approximate surface area is 173 Å². The molecule has 2 heterocycles. The highest BCUT2D eigenvalue weighted by Gasteiger charge is 2.20. The molecule has 0 bridgehead atoms. The molecule has 0 saturated carbocycles.